The Balaban J connectivity index is 2.06. The van der Waals surface area contributed by atoms with Gasteiger partial charge in [-0.15, -0.1) is 11.8 Å². The van der Waals surface area contributed by atoms with Crippen molar-refractivity contribution < 1.29 is 0 Å². The number of nitrogens with two attached hydrogens (primary N) is 1. The molecule has 0 bridgehead atoms. The molecule has 4 nitrogen and oxygen atoms in total. The first kappa shape index (κ1) is 15.4. The van der Waals surface area contributed by atoms with Crippen molar-refractivity contribution in [3.05, 3.63) is 47.2 Å². The first-order valence-electron chi connectivity index (χ1n) is 6.61. The van der Waals surface area contributed by atoms with Crippen molar-refractivity contribution in [1.29, 1.82) is 0 Å². The topological polar surface area (TPSA) is 55.9 Å². The van der Waals surface area contributed by atoms with Gasteiger partial charge in [0.15, 0.2) is 0 Å². The fraction of sp³-hybridized carbons (Fsp3) is 0.357. The molecule has 0 fully saturated rings. The van der Waals surface area contributed by atoms with Gasteiger partial charge in [-0.25, -0.2) is 0 Å². The van der Waals surface area contributed by atoms with Gasteiger partial charge < -0.3 is 0 Å². The fourth-order valence-electron chi connectivity index (χ4n) is 1.99. The minimum absolute atomic E-state index is 0.0466. The Morgan fingerprint density at radius 2 is 2.20 bits per heavy atom. The molecule has 0 radical (unpaired) electrons. The van der Waals surface area contributed by atoms with E-state index in [2.05, 4.69) is 17.4 Å². The summed E-state index contributed by atoms with van der Waals surface area (Å²) in [7, 11) is 0. The predicted molar refractivity (Wildman–Crippen MR) is 84.8 cm³/mol. The van der Waals surface area contributed by atoms with E-state index in [9.17, 15) is 0 Å². The zero-order valence-corrected chi connectivity index (χ0v) is 13.0. The van der Waals surface area contributed by atoms with Gasteiger partial charge in [-0.3, -0.25) is 16.0 Å². The van der Waals surface area contributed by atoms with Gasteiger partial charge >= 0.3 is 0 Å². The van der Waals surface area contributed by atoms with Gasteiger partial charge in [-0.1, -0.05) is 30.7 Å². The zero-order valence-electron chi connectivity index (χ0n) is 11.4. The van der Waals surface area contributed by atoms with Crippen LogP contribution in [-0.2, 0) is 6.54 Å². The van der Waals surface area contributed by atoms with E-state index in [0.29, 0.717) is 0 Å². The number of aromatic nitrogens is 2. The van der Waals surface area contributed by atoms with Crippen molar-refractivity contribution in [2.75, 3.05) is 5.75 Å². The molecule has 0 spiro atoms. The number of halogens is 1. The number of hydrazine groups is 1. The fourth-order valence-corrected chi connectivity index (χ4v) is 3.28. The van der Waals surface area contributed by atoms with Crippen molar-refractivity contribution in [1.82, 2.24) is 15.2 Å². The Bertz CT molecular complexity index is 543. The van der Waals surface area contributed by atoms with E-state index in [-0.39, 0.29) is 6.04 Å². The standard InChI is InChI=1S/C14H19ClN4S/c1-2-9-19-13(7-8-17-19)12(18-16)10-20-14-6-4-3-5-11(14)15/h3-8,12,18H,2,9-10,16H2,1H3. The molecule has 0 saturated heterocycles. The third-order valence-electron chi connectivity index (χ3n) is 2.99. The van der Waals surface area contributed by atoms with Gasteiger partial charge in [0.05, 0.1) is 16.8 Å². The summed E-state index contributed by atoms with van der Waals surface area (Å²) in [6, 6.07) is 9.89. The first-order chi connectivity index (χ1) is 9.76. The molecule has 0 saturated carbocycles. The monoisotopic (exact) mass is 310 g/mol. The molecule has 20 heavy (non-hydrogen) atoms. The number of hydrogen-bond donors (Lipinski definition) is 2. The molecular weight excluding hydrogens is 292 g/mol. The molecule has 108 valence electrons. The van der Waals surface area contributed by atoms with E-state index in [4.69, 9.17) is 17.4 Å². The van der Waals surface area contributed by atoms with Crippen molar-refractivity contribution in [2.24, 2.45) is 5.84 Å². The molecule has 0 amide bonds. The molecule has 0 aliphatic heterocycles. The number of hydrogen-bond acceptors (Lipinski definition) is 4. The molecule has 6 heteroatoms. The number of benzene rings is 1. The molecular formula is C14H19ClN4S. The number of nitrogens with zero attached hydrogens (tertiary/aromatic N) is 2. The van der Waals surface area contributed by atoms with Crippen molar-refractivity contribution in [3.63, 3.8) is 0 Å². The largest absolute Gasteiger partial charge is 0.271 e. The Labute approximate surface area is 128 Å². The van der Waals surface area contributed by atoms with Crippen LogP contribution in [0.25, 0.3) is 0 Å². The van der Waals surface area contributed by atoms with Crippen molar-refractivity contribution >= 4 is 23.4 Å². The Morgan fingerprint density at radius 1 is 1.40 bits per heavy atom. The van der Waals surface area contributed by atoms with Crippen LogP contribution >= 0.6 is 23.4 Å². The third kappa shape index (κ3) is 3.76. The summed E-state index contributed by atoms with van der Waals surface area (Å²) in [6.45, 7) is 3.03. The van der Waals surface area contributed by atoms with Gasteiger partial charge in [-0.2, -0.15) is 5.10 Å². The summed E-state index contributed by atoms with van der Waals surface area (Å²) >= 11 is 7.86. The smallest absolute Gasteiger partial charge is 0.0722 e. The van der Waals surface area contributed by atoms with Crippen molar-refractivity contribution in [2.45, 2.75) is 30.8 Å². The quantitative estimate of drug-likeness (QED) is 0.468. The molecule has 3 N–H and O–H groups in total. The van der Waals surface area contributed by atoms with Crippen molar-refractivity contribution in [3.8, 4) is 0 Å². The molecule has 0 aliphatic carbocycles. The number of aryl methyl sites for hydroxylation is 1. The van der Waals surface area contributed by atoms with Gasteiger partial charge in [0, 0.05) is 23.4 Å². The highest BCUT2D eigenvalue weighted by Crippen LogP contribution is 2.29. The molecule has 1 aromatic carbocycles. The van der Waals surface area contributed by atoms with Crippen LogP contribution in [0.3, 0.4) is 0 Å². The van der Waals surface area contributed by atoms with Gasteiger partial charge in [0.1, 0.15) is 0 Å². The van der Waals surface area contributed by atoms with Gasteiger partial charge in [0.25, 0.3) is 0 Å². The SMILES string of the molecule is CCCn1nccc1C(CSc1ccccc1Cl)NN. The highest BCUT2D eigenvalue weighted by Gasteiger charge is 2.15. The van der Waals surface area contributed by atoms with Crippen LogP contribution in [-0.4, -0.2) is 15.5 Å². The lowest BCUT2D eigenvalue weighted by Gasteiger charge is -2.17. The summed E-state index contributed by atoms with van der Waals surface area (Å²) in [5.74, 6) is 6.50. The van der Waals surface area contributed by atoms with E-state index in [1.165, 1.54) is 0 Å². The highest BCUT2D eigenvalue weighted by atomic mass is 35.5. The second-order valence-electron chi connectivity index (χ2n) is 4.44. The lowest BCUT2D eigenvalue weighted by atomic mass is 10.2. The second-order valence-corrected chi connectivity index (χ2v) is 5.91. The lowest BCUT2D eigenvalue weighted by molar-refractivity contribution is 0.508. The maximum atomic E-state index is 6.17. The van der Waals surface area contributed by atoms with Crippen LogP contribution in [0.5, 0.6) is 0 Å². The van der Waals surface area contributed by atoms with Crippen LogP contribution in [0, 0.1) is 0 Å². The molecule has 1 aromatic heterocycles. The Hall–Kier alpha value is -1.01. The summed E-state index contributed by atoms with van der Waals surface area (Å²) in [4.78, 5) is 1.07. The summed E-state index contributed by atoms with van der Waals surface area (Å²) in [5, 5.41) is 5.11. The number of nitrogens with one attached hydrogen (secondary N) is 1. The maximum Gasteiger partial charge on any atom is 0.0722 e. The minimum Gasteiger partial charge on any atom is -0.271 e. The van der Waals surface area contributed by atoms with Crippen LogP contribution in [0.15, 0.2) is 41.4 Å². The average Bonchev–Trinajstić information content (AvgIpc) is 2.90. The molecule has 2 aromatic rings. The summed E-state index contributed by atoms with van der Waals surface area (Å²) in [5.41, 5.74) is 3.97. The number of rotatable bonds is 7. The predicted octanol–water partition coefficient (Wildman–Crippen LogP) is 3.24. The second kappa shape index (κ2) is 7.69. The molecule has 1 atom stereocenters. The molecule has 1 unspecified atom stereocenters. The normalized spacial score (nSPS) is 12.6. The lowest BCUT2D eigenvalue weighted by Crippen LogP contribution is -2.31. The van der Waals surface area contributed by atoms with Crippen LogP contribution in [0.2, 0.25) is 5.02 Å². The van der Waals surface area contributed by atoms with Crippen LogP contribution < -0.4 is 11.3 Å². The maximum absolute atomic E-state index is 6.17. The molecule has 1 heterocycles. The summed E-state index contributed by atoms with van der Waals surface area (Å²) in [6.07, 6.45) is 2.86. The number of thioether (sulfide) groups is 1. The van der Waals surface area contributed by atoms with E-state index in [1.807, 2.05) is 41.2 Å². The van der Waals surface area contributed by atoms with E-state index in [1.54, 1.807) is 11.8 Å². The zero-order chi connectivity index (χ0) is 14.4. The van der Waals surface area contributed by atoms with E-state index >= 15 is 0 Å². The third-order valence-corrected chi connectivity index (χ3v) is 4.59. The minimum atomic E-state index is 0.0466. The van der Waals surface area contributed by atoms with Crippen LogP contribution in [0.1, 0.15) is 25.1 Å². The molecule has 2 rings (SSSR count). The molecule has 0 aliphatic rings. The highest BCUT2D eigenvalue weighted by molar-refractivity contribution is 7.99. The average molecular weight is 311 g/mol. The van der Waals surface area contributed by atoms with Gasteiger partial charge in [0.2, 0.25) is 0 Å². The van der Waals surface area contributed by atoms with Gasteiger partial charge in [-0.05, 0) is 24.6 Å². The van der Waals surface area contributed by atoms with Crippen LogP contribution in [0.4, 0.5) is 0 Å². The first-order valence-corrected chi connectivity index (χ1v) is 7.97. The van der Waals surface area contributed by atoms with E-state index in [0.717, 1.165) is 34.3 Å². The summed E-state index contributed by atoms with van der Waals surface area (Å²) < 4.78 is 2.00. The Kier molecular flexibility index (Phi) is 5.91. The Morgan fingerprint density at radius 3 is 2.90 bits per heavy atom. The van der Waals surface area contributed by atoms with E-state index < -0.39 is 0 Å².